The fraction of sp³-hybridized carbons (Fsp3) is 0.385. The molecule has 0 aliphatic carbocycles. The van der Waals surface area contributed by atoms with Crippen molar-refractivity contribution in [3.05, 3.63) is 29.3 Å². The molecule has 1 aromatic carbocycles. The summed E-state index contributed by atoms with van der Waals surface area (Å²) in [5, 5.41) is 8.98. The van der Waals surface area contributed by atoms with Crippen LogP contribution in [0.25, 0.3) is 0 Å². The number of amides is 1. The molecule has 0 saturated carbocycles. The first-order valence-corrected chi connectivity index (χ1v) is 5.85. The molecule has 1 atom stereocenters. The number of rotatable bonds is 4. The van der Waals surface area contributed by atoms with Crippen molar-refractivity contribution < 1.29 is 24.2 Å². The fourth-order valence-electron chi connectivity index (χ4n) is 2.04. The minimum absolute atomic E-state index is 0.162. The molecule has 0 aromatic heterocycles. The lowest BCUT2D eigenvalue weighted by Crippen LogP contribution is -2.34. The van der Waals surface area contributed by atoms with Crippen molar-refractivity contribution in [3.8, 4) is 5.75 Å². The first kappa shape index (κ1) is 13.4. The van der Waals surface area contributed by atoms with Crippen molar-refractivity contribution in [3.63, 3.8) is 0 Å². The highest BCUT2D eigenvalue weighted by Gasteiger charge is 2.23. The minimum Gasteiger partial charge on any atom is -0.486 e. The van der Waals surface area contributed by atoms with E-state index in [1.807, 2.05) is 0 Å². The predicted molar refractivity (Wildman–Crippen MR) is 66.2 cm³/mol. The van der Waals surface area contributed by atoms with E-state index in [4.69, 9.17) is 14.6 Å². The molecule has 0 bridgehead atoms. The lowest BCUT2D eigenvalue weighted by atomic mass is 10.1. The van der Waals surface area contributed by atoms with E-state index in [9.17, 15) is 9.59 Å². The molecule has 2 rings (SSSR count). The molecule has 1 amide bonds. The SMILES string of the molecule is COC[C@H]1CN(C=O)Cc2ccc(C(=O)O)cc2O1. The molecule has 1 aliphatic heterocycles. The number of hydrogen-bond acceptors (Lipinski definition) is 4. The third-order valence-corrected chi connectivity index (χ3v) is 2.92. The van der Waals surface area contributed by atoms with E-state index in [-0.39, 0.29) is 11.7 Å². The van der Waals surface area contributed by atoms with Gasteiger partial charge in [-0.05, 0) is 12.1 Å². The summed E-state index contributed by atoms with van der Waals surface area (Å²) in [5.74, 6) is -0.516. The van der Waals surface area contributed by atoms with Gasteiger partial charge in [0.25, 0.3) is 0 Å². The van der Waals surface area contributed by atoms with Gasteiger partial charge in [0.2, 0.25) is 6.41 Å². The van der Waals surface area contributed by atoms with Gasteiger partial charge in [0.15, 0.2) is 0 Å². The van der Waals surface area contributed by atoms with Gasteiger partial charge in [0.1, 0.15) is 11.9 Å². The molecule has 6 nitrogen and oxygen atoms in total. The van der Waals surface area contributed by atoms with Crippen LogP contribution in [-0.2, 0) is 16.1 Å². The Morgan fingerprint density at radius 1 is 1.63 bits per heavy atom. The van der Waals surface area contributed by atoms with Crippen LogP contribution in [0.3, 0.4) is 0 Å². The number of carbonyl (C=O) groups is 2. The maximum Gasteiger partial charge on any atom is 0.335 e. The number of benzene rings is 1. The molecular formula is C13H15NO5. The molecule has 1 heterocycles. The van der Waals surface area contributed by atoms with Gasteiger partial charge in [-0.25, -0.2) is 4.79 Å². The summed E-state index contributed by atoms with van der Waals surface area (Å²) in [6, 6.07) is 4.66. The molecule has 0 radical (unpaired) electrons. The highest BCUT2D eigenvalue weighted by Crippen LogP contribution is 2.26. The second-order valence-corrected chi connectivity index (χ2v) is 4.36. The number of hydrogen-bond donors (Lipinski definition) is 1. The molecule has 1 aromatic rings. The van der Waals surface area contributed by atoms with Crippen LogP contribution in [0.1, 0.15) is 15.9 Å². The van der Waals surface area contributed by atoms with Crippen molar-refractivity contribution in [2.75, 3.05) is 20.3 Å². The van der Waals surface area contributed by atoms with E-state index in [1.165, 1.54) is 12.1 Å². The van der Waals surface area contributed by atoms with E-state index >= 15 is 0 Å². The maximum absolute atomic E-state index is 11.0. The number of carbonyl (C=O) groups excluding carboxylic acids is 1. The summed E-state index contributed by atoms with van der Waals surface area (Å²) in [5.41, 5.74) is 0.949. The predicted octanol–water partition coefficient (Wildman–Crippen LogP) is 0.751. The summed E-state index contributed by atoms with van der Waals surface area (Å²) in [6.45, 7) is 1.15. The van der Waals surface area contributed by atoms with Crippen molar-refractivity contribution in [2.24, 2.45) is 0 Å². The van der Waals surface area contributed by atoms with E-state index in [1.54, 1.807) is 18.1 Å². The van der Waals surface area contributed by atoms with Crippen LogP contribution < -0.4 is 4.74 Å². The van der Waals surface area contributed by atoms with Gasteiger partial charge >= 0.3 is 5.97 Å². The van der Waals surface area contributed by atoms with Gasteiger partial charge in [-0.2, -0.15) is 0 Å². The van der Waals surface area contributed by atoms with Crippen LogP contribution in [-0.4, -0.2) is 48.8 Å². The third kappa shape index (κ3) is 3.03. The number of ether oxygens (including phenoxy) is 2. The van der Waals surface area contributed by atoms with E-state index in [2.05, 4.69) is 0 Å². The van der Waals surface area contributed by atoms with Gasteiger partial charge in [-0.1, -0.05) is 6.07 Å². The normalized spacial score (nSPS) is 18.2. The number of carboxylic acid groups (broad SMARTS) is 1. The average molecular weight is 265 g/mol. The number of methoxy groups -OCH3 is 1. The van der Waals surface area contributed by atoms with Crippen LogP contribution in [0.4, 0.5) is 0 Å². The standard InChI is InChI=1S/C13H15NO5/c1-18-7-11-6-14(8-15)5-10-3-2-9(13(16)17)4-12(10)19-11/h2-4,8,11H,5-7H2,1H3,(H,16,17)/t11-/m1/s1. The molecule has 0 fully saturated rings. The van der Waals surface area contributed by atoms with E-state index in [0.29, 0.717) is 25.4 Å². The lowest BCUT2D eigenvalue weighted by molar-refractivity contribution is -0.119. The van der Waals surface area contributed by atoms with Crippen LogP contribution in [0.2, 0.25) is 0 Å². The summed E-state index contributed by atoms with van der Waals surface area (Å²) < 4.78 is 10.8. The molecule has 0 saturated heterocycles. The number of nitrogens with zero attached hydrogens (tertiary/aromatic N) is 1. The Bertz CT molecular complexity index is 488. The van der Waals surface area contributed by atoms with Crippen LogP contribution in [0, 0.1) is 0 Å². The molecular weight excluding hydrogens is 250 g/mol. The zero-order valence-electron chi connectivity index (χ0n) is 10.5. The molecule has 0 spiro atoms. The average Bonchev–Trinajstić information content (AvgIpc) is 2.56. The molecule has 0 unspecified atom stereocenters. The Morgan fingerprint density at radius 3 is 3.05 bits per heavy atom. The third-order valence-electron chi connectivity index (χ3n) is 2.92. The Morgan fingerprint density at radius 2 is 2.42 bits per heavy atom. The maximum atomic E-state index is 11.0. The van der Waals surface area contributed by atoms with Gasteiger partial charge in [-0.15, -0.1) is 0 Å². The lowest BCUT2D eigenvalue weighted by Gasteiger charge is -2.19. The minimum atomic E-state index is -1.01. The number of aromatic carboxylic acids is 1. The Hall–Kier alpha value is -2.08. The first-order valence-electron chi connectivity index (χ1n) is 5.85. The smallest absolute Gasteiger partial charge is 0.335 e. The second-order valence-electron chi connectivity index (χ2n) is 4.36. The van der Waals surface area contributed by atoms with Crippen LogP contribution >= 0.6 is 0 Å². The zero-order valence-corrected chi connectivity index (χ0v) is 10.5. The topological polar surface area (TPSA) is 76.1 Å². The van der Waals surface area contributed by atoms with Crippen molar-refractivity contribution in [1.29, 1.82) is 0 Å². The van der Waals surface area contributed by atoms with Crippen molar-refractivity contribution in [2.45, 2.75) is 12.6 Å². The van der Waals surface area contributed by atoms with E-state index < -0.39 is 5.97 Å². The van der Waals surface area contributed by atoms with Crippen LogP contribution in [0.5, 0.6) is 5.75 Å². The molecule has 19 heavy (non-hydrogen) atoms. The van der Waals surface area contributed by atoms with Crippen molar-refractivity contribution >= 4 is 12.4 Å². The number of fused-ring (bicyclic) bond motifs is 1. The van der Waals surface area contributed by atoms with Gasteiger partial charge in [0, 0.05) is 19.2 Å². The molecule has 1 N–H and O–H groups in total. The summed E-state index contributed by atoms with van der Waals surface area (Å²) in [7, 11) is 1.55. The van der Waals surface area contributed by atoms with Gasteiger partial charge in [0.05, 0.1) is 18.7 Å². The van der Waals surface area contributed by atoms with E-state index in [0.717, 1.165) is 12.0 Å². The highest BCUT2D eigenvalue weighted by molar-refractivity contribution is 5.88. The Kier molecular flexibility index (Phi) is 4.01. The Labute approximate surface area is 110 Å². The van der Waals surface area contributed by atoms with Gasteiger partial charge < -0.3 is 19.5 Å². The molecule has 1 aliphatic rings. The van der Waals surface area contributed by atoms with Crippen molar-refractivity contribution in [1.82, 2.24) is 4.90 Å². The second kappa shape index (κ2) is 5.71. The highest BCUT2D eigenvalue weighted by atomic mass is 16.5. The van der Waals surface area contributed by atoms with Crippen LogP contribution in [0.15, 0.2) is 18.2 Å². The quantitative estimate of drug-likeness (QED) is 0.813. The summed E-state index contributed by atoms with van der Waals surface area (Å²) in [4.78, 5) is 23.5. The number of carboxylic acids is 1. The summed E-state index contributed by atoms with van der Waals surface area (Å²) >= 11 is 0. The Balaban J connectivity index is 2.33. The molecule has 6 heteroatoms. The largest absolute Gasteiger partial charge is 0.486 e. The van der Waals surface area contributed by atoms with Gasteiger partial charge in [-0.3, -0.25) is 4.79 Å². The monoisotopic (exact) mass is 265 g/mol. The zero-order chi connectivity index (χ0) is 13.8. The fourth-order valence-corrected chi connectivity index (χ4v) is 2.04. The first-order chi connectivity index (χ1) is 9.13. The molecule has 102 valence electrons. The summed E-state index contributed by atoms with van der Waals surface area (Å²) in [6.07, 6.45) is 0.451.